The third-order valence-corrected chi connectivity index (χ3v) is 6.34. The summed E-state index contributed by atoms with van der Waals surface area (Å²) in [6, 6.07) is -0.233. The van der Waals surface area contributed by atoms with E-state index in [0.29, 0.717) is 23.8 Å². The Balaban J connectivity index is 1.80. The van der Waals surface area contributed by atoms with E-state index in [0.717, 1.165) is 12.8 Å². The van der Waals surface area contributed by atoms with Crippen molar-refractivity contribution in [2.75, 3.05) is 13.2 Å². The molecule has 0 aromatic rings. The van der Waals surface area contributed by atoms with Crippen LogP contribution in [-0.2, 0) is 9.59 Å². The van der Waals surface area contributed by atoms with Crippen LogP contribution < -0.4 is 5.32 Å². The molecule has 4 atom stereocenters. The van der Waals surface area contributed by atoms with Gasteiger partial charge in [-0.2, -0.15) is 0 Å². The molecule has 1 aliphatic heterocycles. The van der Waals surface area contributed by atoms with Crippen LogP contribution in [0.3, 0.4) is 0 Å². The highest BCUT2D eigenvalue weighted by Gasteiger charge is 2.59. The van der Waals surface area contributed by atoms with Crippen LogP contribution in [0.1, 0.15) is 46.5 Å². The average Bonchev–Trinajstić information content (AvgIpc) is 2.97. The second kappa shape index (κ2) is 6.11. The molecule has 0 aromatic heterocycles. The SMILES string of the molecule is [B]C(=O)NC(=O)[C@H](C(=O)N1CC2CC3(CC3)C[C@@H]2[C@H]1CO)C(C)(C)C. The predicted molar refractivity (Wildman–Crippen MR) is 92.7 cm³/mol. The van der Waals surface area contributed by atoms with Gasteiger partial charge in [0.25, 0.3) is 0 Å². The average molecular weight is 346 g/mol. The van der Waals surface area contributed by atoms with E-state index in [1.54, 1.807) is 25.7 Å². The normalized spacial score (nSPS) is 30.9. The maximum absolute atomic E-state index is 13.2. The van der Waals surface area contributed by atoms with Crippen LogP contribution in [-0.4, -0.2) is 54.7 Å². The molecule has 1 unspecified atom stereocenters. The van der Waals surface area contributed by atoms with Crippen LogP contribution in [0.15, 0.2) is 0 Å². The summed E-state index contributed by atoms with van der Waals surface area (Å²) in [6.45, 7) is 5.88. The van der Waals surface area contributed by atoms with Gasteiger partial charge in [-0.15, -0.1) is 0 Å². The van der Waals surface area contributed by atoms with Crippen molar-refractivity contribution in [3.63, 3.8) is 0 Å². The van der Waals surface area contributed by atoms with E-state index in [2.05, 4.69) is 5.32 Å². The van der Waals surface area contributed by atoms with Gasteiger partial charge in [-0.3, -0.25) is 14.4 Å². The lowest BCUT2D eigenvalue weighted by Gasteiger charge is -2.35. The van der Waals surface area contributed by atoms with Crippen molar-refractivity contribution in [3.05, 3.63) is 0 Å². The van der Waals surface area contributed by atoms with Gasteiger partial charge >= 0.3 is 0 Å². The molecule has 3 aliphatic rings. The number of amides is 3. The van der Waals surface area contributed by atoms with Crippen molar-refractivity contribution in [3.8, 4) is 0 Å². The van der Waals surface area contributed by atoms with Gasteiger partial charge in [0, 0.05) is 6.54 Å². The number of carbonyl (C=O) groups excluding carboxylic acids is 3. The second-order valence-electron chi connectivity index (χ2n) is 9.23. The summed E-state index contributed by atoms with van der Waals surface area (Å²) < 4.78 is 0. The third kappa shape index (κ3) is 3.35. The van der Waals surface area contributed by atoms with Crippen molar-refractivity contribution in [1.29, 1.82) is 0 Å². The number of likely N-dealkylation sites (tertiary alicyclic amines) is 1. The predicted octanol–water partition coefficient (Wildman–Crippen LogP) is 1.06. The number of hydrogen-bond acceptors (Lipinski definition) is 4. The molecule has 0 aromatic carbocycles. The van der Waals surface area contributed by atoms with Gasteiger partial charge in [0.2, 0.25) is 19.7 Å². The monoisotopic (exact) mass is 346 g/mol. The van der Waals surface area contributed by atoms with Gasteiger partial charge in [0.05, 0.1) is 12.6 Å². The number of nitrogens with one attached hydrogen (secondary N) is 1. The lowest BCUT2D eigenvalue weighted by molar-refractivity contribution is -0.148. The Bertz CT molecular complexity index is 596. The number of aliphatic hydroxyl groups is 1. The number of nitrogens with zero attached hydrogens (tertiary/aromatic N) is 1. The minimum absolute atomic E-state index is 0.0860. The van der Waals surface area contributed by atoms with E-state index in [4.69, 9.17) is 7.85 Å². The molecular formula is C18H27BN2O4. The maximum atomic E-state index is 13.2. The molecule has 1 spiro atoms. The summed E-state index contributed by atoms with van der Waals surface area (Å²) in [7, 11) is 5.06. The van der Waals surface area contributed by atoms with Gasteiger partial charge in [-0.1, -0.05) is 20.8 Å². The van der Waals surface area contributed by atoms with Crippen molar-refractivity contribution in [2.24, 2.45) is 28.6 Å². The van der Waals surface area contributed by atoms with Gasteiger partial charge in [-0.05, 0) is 48.3 Å². The third-order valence-electron chi connectivity index (χ3n) is 6.34. The van der Waals surface area contributed by atoms with Crippen LogP contribution in [0, 0.1) is 28.6 Å². The number of carbonyl (C=O) groups is 3. The molecule has 2 N–H and O–H groups in total. The molecule has 2 aliphatic carbocycles. The van der Waals surface area contributed by atoms with Gasteiger partial charge < -0.3 is 15.3 Å². The Labute approximate surface area is 150 Å². The molecule has 7 heteroatoms. The molecule has 25 heavy (non-hydrogen) atoms. The van der Waals surface area contributed by atoms with Gasteiger partial charge in [0.1, 0.15) is 5.92 Å². The molecule has 1 heterocycles. The van der Waals surface area contributed by atoms with Crippen LogP contribution >= 0.6 is 0 Å². The van der Waals surface area contributed by atoms with E-state index in [1.807, 2.05) is 0 Å². The Morgan fingerprint density at radius 3 is 2.40 bits per heavy atom. The second-order valence-corrected chi connectivity index (χ2v) is 9.23. The fraction of sp³-hybridized carbons (Fsp3) is 0.833. The fourth-order valence-electron chi connectivity index (χ4n) is 5.03. The first-order chi connectivity index (χ1) is 11.6. The zero-order valence-electron chi connectivity index (χ0n) is 15.2. The van der Waals surface area contributed by atoms with E-state index in [-0.39, 0.29) is 18.6 Å². The number of imide groups is 1. The molecule has 6 nitrogen and oxygen atoms in total. The Hall–Kier alpha value is -1.37. The van der Waals surface area contributed by atoms with Crippen LogP contribution in [0.2, 0.25) is 0 Å². The fourth-order valence-corrected chi connectivity index (χ4v) is 5.03. The first kappa shape index (κ1) is 18.4. The summed E-state index contributed by atoms with van der Waals surface area (Å²) in [5, 5.41) is 12.0. The van der Waals surface area contributed by atoms with E-state index < -0.39 is 23.0 Å². The first-order valence-corrected chi connectivity index (χ1v) is 9.10. The zero-order chi connectivity index (χ0) is 18.6. The van der Waals surface area contributed by atoms with Crippen LogP contribution in [0.5, 0.6) is 0 Å². The van der Waals surface area contributed by atoms with Gasteiger partial charge in [0.15, 0.2) is 5.81 Å². The summed E-state index contributed by atoms with van der Waals surface area (Å²) in [5.41, 5.74) is -0.198. The van der Waals surface area contributed by atoms with Crippen LogP contribution in [0.4, 0.5) is 4.79 Å². The van der Waals surface area contributed by atoms with Crippen molar-refractivity contribution in [2.45, 2.75) is 52.5 Å². The summed E-state index contributed by atoms with van der Waals surface area (Å²) in [4.78, 5) is 38.4. The quantitative estimate of drug-likeness (QED) is 0.591. The number of hydrogen-bond donors (Lipinski definition) is 2. The lowest BCUT2D eigenvalue weighted by Crippen LogP contribution is -2.52. The summed E-state index contributed by atoms with van der Waals surface area (Å²) >= 11 is 0. The highest BCUT2D eigenvalue weighted by atomic mass is 16.3. The molecular weight excluding hydrogens is 319 g/mol. The van der Waals surface area contributed by atoms with E-state index in [1.165, 1.54) is 12.8 Å². The van der Waals surface area contributed by atoms with Crippen LogP contribution in [0.25, 0.3) is 0 Å². The Morgan fingerprint density at radius 2 is 1.92 bits per heavy atom. The van der Waals surface area contributed by atoms with E-state index in [9.17, 15) is 19.5 Å². The molecule has 3 amide bonds. The number of fused-ring (bicyclic) bond motifs is 1. The molecule has 136 valence electrons. The molecule has 2 saturated carbocycles. The number of aliphatic hydroxyl groups excluding tert-OH is 1. The first-order valence-electron chi connectivity index (χ1n) is 9.10. The van der Waals surface area contributed by atoms with Crippen molar-refractivity contribution in [1.82, 2.24) is 10.2 Å². The standard InChI is InChI=1S/C18H27BN2O4/c1-17(2,3)13(14(23)20-16(19)25)15(24)21-8-10-6-18(4-5-18)7-11(10)12(21)9-22/h10-13,22H,4-9H2,1-3H3,(H,20,23,25)/t10?,11-,12+,13+/m0/s1. The maximum Gasteiger partial charge on any atom is 0.238 e. The Morgan fingerprint density at radius 1 is 1.28 bits per heavy atom. The molecule has 1 saturated heterocycles. The summed E-state index contributed by atoms with van der Waals surface area (Å²) in [5.74, 6) is -2.23. The summed E-state index contributed by atoms with van der Waals surface area (Å²) in [6.07, 6.45) is 4.71. The highest BCUT2D eigenvalue weighted by Crippen LogP contribution is 2.64. The lowest BCUT2D eigenvalue weighted by atomic mass is 9.78. The number of rotatable bonds is 3. The molecule has 2 radical (unpaired) electrons. The smallest absolute Gasteiger partial charge is 0.238 e. The highest BCUT2D eigenvalue weighted by molar-refractivity contribution is 6.58. The minimum Gasteiger partial charge on any atom is -0.394 e. The largest absolute Gasteiger partial charge is 0.394 e. The van der Waals surface area contributed by atoms with Crippen molar-refractivity contribution < 1.29 is 19.5 Å². The Kier molecular flexibility index (Phi) is 4.50. The van der Waals surface area contributed by atoms with E-state index >= 15 is 0 Å². The zero-order valence-corrected chi connectivity index (χ0v) is 15.2. The minimum atomic E-state index is -1.01. The molecule has 3 fully saturated rings. The van der Waals surface area contributed by atoms with Crippen molar-refractivity contribution >= 4 is 25.5 Å². The molecule has 0 bridgehead atoms. The van der Waals surface area contributed by atoms with Gasteiger partial charge in [-0.25, -0.2) is 0 Å². The topological polar surface area (TPSA) is 86.7 Å². The molecule has 3 rings (SSSR count).